The molecule has 0 aliphatic carbocycles. The van der Waals surface area contributed by atoms with E-state index in [2.05, 4.69) is 5.32 Å². The van der Waals surface area contributed by atoms with Crippen molar-refractivity contribution in [2.75, 3.05) is 27.8 Å². The Bertz CT molecular complexity index is 354. The lowest BCUT2D eigenvalue weighted by Crippen LogP contribution is -2.17. The molecule has 0 spiro atoms. The zero-order valence-electron chi connectivity index (χ0n) is 9.65. The summed E-state index contributed by atoms with van der Waals surface area (Å²) in [6.07, 6.45) is -0.739. The number of rotatable bonds is 5. The molecule has 0 radical (unpaired) electrons. The number of aliphatic hydroxyl groups is 1. The smallest absolute Gasteiger partial charge is 0.164 e. The number of phenols is 1. The molecular formula is C11H17NO4. The van der Waals surface area contributed by atoms with Gasteiger partial charge < -0.3 is 25.0 Å². The molecule has 1 atom stereocenters. The molecule has 5 nitrogen and oxygen atoms in total. The maximum atomic E-state index is 9.83. The molecule has 0 amide bonds. The van der Waals surface area contributed by atoms with E-state index in [9.17, 15) is 10.2 Å². The van der Waals surface area contributed by atoms with Crippen molar-refractivity contribution < 1.29 is 19.7 Å². The first-order chi connectivity index (χ1) is 7.63. The van der Waals surface area contributed by atoms with E-state index in [1.165, 1.54) is 20.3 Å². The van der Waals surface area contributed by atoms with Crippen LogP contribution in [0.4, 0.5) is 0 Å². The zero-order valence-corrected chi connectivity index (χ0v) is 9.65. The van der Waals surface area contributed by atoms with Crippen molar-refractivity contribution in [1.29, 1.82) is 0 Å². The number of hydrogen-bond acceptors (Lipinski definition) is 5. The Balaban J connectivity index is 3.12. The van der Waals surface area contributed by atoms with Gasteiger partial charge in [0.05, 0.1) is 20.3 Å². The minimum absolute atomic E-state index is 0.0200. The summed E-state index contributed by atoms with van der Waals surface area (Å²) < 4.78 is 10.1. The van der Waals surface area contributed by atoms with Crippen molar-refractivity contribution in [3.8, 4) is 17.2 Å². The molecule has 16 heavy (non-hydrogen) atoms. The molecule has 5 heteroatoms. The predicted molar refractivity (Wildman–Crippen MR) is 60.1 cm³/mol. The summed E-state index contributed by atoms with van der Waals surface area (Å²) >= 11 is 0. The SMILES string of the molecule is CNCC(O)c1cc(O)c(OC)cc1OC. The van der Waals surface area contributed by atoms with E-state index in [0.29, 0.717) is 23.6 Å². The van der Waals surface area contributed by atoms with Gasteiger partial charge in [-0.3, -0.25) is 0 Å². The van der Waals surface area contributed by atoms with Crippen LogP contribution in [0.2, 0.25) is 0 Å². The van der Waals surface area contributed by atoms with Gasteiger partial charge in [0.25, 0.3) is 0 Å². The van der Waals surface area contributed by atoms with Gasteiger partial charge in [0.15, 0.2) is 11.5 Å². The Labute approximate surface area is 94.6 Å². The first-order valence-corrected chi connectivity index (χ1v) is 4.91. The van der Waals surface area contributed by atoms with Gasteiger partial charge in [-0.05, 0) is 13.1 Å². The minimum Gasteiger partial charge on any atom is -0.504 e. The molecule has 0 saturated carbocycles. The van der Waals surface area contributed by atoms with E-state index in [1.54, 1.807) is 13.1 Å². The van der Waals surface area contributed by atoms with Crippen LogP contribution in [0.15, 0.2) is 12.1 Å². The number of nitrogens with one attached hydrogen (secondary N) is 1. The van der Waals surface area contributed by atoms with E-state index in [4.69, 9.17) is 9.47 Å². The van der Waals surface area contributed by atoms with Gasteiger partial charge in [0.1, 0.15) is 5.75 Å². The molecule has 1 aromatic rings. The fourth-order valence-electron chi connectivity index (χ4n) is 1.47. The van der Waals surface area contributed by atoms with Crippen LogP contribution >= 0.6 is 0 Å². The van der Waals surface area contributed by atoms with Crippen molar-refractivity contribution in [2.24, 2.45) is 0 Å². The molecule has 1 aromatic carbocycles. The lowest BCUT2D eigenvalue weighted by atomic mass is 10.1. The summed E-state index contributed by atoms with van der Waals surface area (Å²) in [5, 5.41) is 22.3. The second-order valence-corrected chi connectivity index (χ2v) is 3.34. The molecular weight excluding hydrogens is 210 g/mol. The summed E-state index contributed by atoms with van der Waals surface area (Å²) in [7, 11) is 4.69. The normalized spacial score (nSPS) is 12.2. The average Bonchev–Trinajstić information content (AvgIpc) is 2.29. The van der Waals surface area contributed by atoms with Crippen molar-refractivity contribution in [3.63, 3.8) is 0 Å². The summed E-state index contributed by atoms with van der Waals surface area (Å²) in [6.45, 7) is 0.377. The Hall–Kier alpha value is -1.46. The highest BCUT2D eigenvalue weighted by atomic mass is 16.5. The first-order valence-electron chi connectivity index (χ1n) is 4.91. The first kappa shape index (κ1) is 12.6. The number of phenolic OH excluding ortho intramolecular Hbond substituents is 1. The van der Waals surface area contributed by atoms with Gasteiger partial charge in [-0.25, -0.2) is 0 Å². The highest BCUT2D eigenvalue weighted by Gasteiger charge is 2.16. The number of aliphatic hydroxyl groups excluding tert-OH is 1. The summed E-state index contributed by atoms with van der Waals surface area (Å²) in [4.78, 5) is 0. The Morgan fingerprint density at radius 3 is 2.38 bits per heavy atom. The molecule has 0 fully saturated rings. The zero-order chi connectivity index (χ0) is 12.1. The number of ether oxygens (including phenoxy) is 2. The minimum atomic E-state index is -0.739. The lowest BCUT2D eigenvalue weighted by molar-refractivity contribution is 0.172. The van der Waals surface area contributed by atoms with Gasteiger partial charge in [-0.1, -0.05) is 0 Å². The fourth-order valence-corrected chi connectivity index (χ4v) is 1.47. The van der Waals surface area contributed by atoms with Gasteiger partial charge in [0.2, 0.25) is 0 Å². The predicted octanol–water partition coefficient (Wildman–Crippen LogP) is 0.662. The fraction of sp³-hybridized carbons (Fsp3) is 0.455. The summed E-state index contributed by atoms with van der Waals surface area (Å²) in [6, 6.07) is 2.99. The van der Waals surface area contributed by atoms with Gasteiger partial charge in [-0.15, -0.1) is 0 Å². The van der Waals surface area contributed by atoms with Crippen molar-refractivity contribution in [2.45, 2.75) is 6.10 Å². The third-order valence-corrected chi connectivity index (χ3v) is 2.29. The third kappa shape index (κ3) is 2.56. The monoisotopic (exact) mass is 227 g/mol. The molecule has 0 bridgehead atoms. The van der Waals surface area contributed by atoms with Crippen molar-refractivity contribution in [1.82, 2.24) is 5.32 Å². The number of aromatic hydroxyl groups is 1. The molecule has 0 saturated heterocycles. The number of benzene rings is 1. The van der Waals surface area contributed by atoms with E-state index in [1.807, 2.05) is 0 Å². The number of hydrogen-bond donors (Lipinski definition) is 3. The molecule has 90 valence electrons. The summed E-state index contributed by atoms with van der Waals surface area (Å²) in [5.74, 6) is 0.781. The van der Waals surface area contributed by atoms with Crippen LogP contribution in [-0.4, -0.2) is 38.0 Å². The molecule has 0 aliphatic heterocycles. The number of methoxy groups -OCH3 is 2. The Kier molecular flexibility index (Phi) is 4.39. The highest BCUT2D eigenvalue weighted by Crippen LogP contribution is 2.36. The standard InChI is InChI=1S/C11H17NO4/c1-12-6-9(14)7-4-8(13)11(16-3)5-10(7)15-2/h4-5,9,12-14H,6H2,1-3H3. The van der Waals surface area contributed by atoms with Crippen LogP contribution in [0, 0.1) is 0 Å². The van der Waals surface area contributed by atoms with Gasteiger partial charge in [-0.2, -0.15) is 0 Å². The largest absolute Gasteiger partial charge is 0.504 e. The van der Waals surface area contributed by atoms with Gasteiger partial charge in [0, 0.05) is 18.2 Å². The molecule has 0 aromatic heterocycles. The van der Waals surface area contributed by atoms with Crippen LogP contribution in [0.1, 0.15) is 11.7 Å². The number of likely N-dealkylation sites (N-methyl/N-ethyl adjacent to an activating group) is 1. The van der Waals surface area contributed by atoms with Crippen LogP contribution in [0.3, 0.4) is 0 Å². The lowest BCUT2D eigenvalue weighted by Gasteiger charge is -2.16. The van der Waals surface area contributed by atoms with Crippen LogP contribution < -0.4 is 14.8 Å². The summed E-state index contributed by atoms with van der Waals surface area (Å²) in [5.41, 5.74) is 0.523. The van der Waals surface area contributed by atoms with Gasteiger partial charge >= 0.3 is 0 Å². The maximum absolute atomic E-state index is 9.83. The molecule has 0 aliphatic rings. The topological polar surface area (TPSA) is 71.0 Å². The van der Waals surface area contributed by atoms with Crippen molar-refractivity contribution >= 4 is 0 Å². The van der Waals surface area contributed by atoms with E-state index in [0.717, 1.165) is 0 Å². The molecule has 3 N–H and O–H groups in total. The molecule has 1 rings (SSSR count). The highest BCUT2D eigenvalue weighted by molar-refractivity contribution is 5.50. The van der Waals surface area contributed by atoms with E-state index in [-0.39, 0.29) is 5.75 Å². The van der Waals surface area contributed by atoms with Crippen molar-refractivity contribution in [3.05, 3.63) is 17.7 Å². The van der Waals surface area contributed by atoms with E-state index < -0.39 is 6.10 Å². The average molecular weight is 227 g/mol. The Morgan fingerprint density at radius 2 is 1.88 bits per heavy atom. The van der Waals surface area contributed by atoms with E-state index >= 15 is 0 Å². The Morgan fingerprint density at radius 1 is 1.25 bits per heavy atom. The molecule has 0 heterocycles. The van der Waals surface area contributed by atoms with Crippen LogP contribution in [-0.2, 0) is 0 Å². The van der Waals surface area contributed by atoms with Crippen LogP contribution in [0.5, 0.6) is 17.2 Å². The third-order valence-electron chi connectivity index (χ3n) is 2.29. The van der Waals surface area contributed by atoms with Crippen LogP contribution in [0.25, 0.3) is 0 Å². The molecule has 1 unspecified atom stereocenters. The maximum Gasteiger partial charge on any atom is 0.164 e. The quantitative estimate of drug-likeness (QED) is 0.689. The second-order valence-electron chi connectivity index (χ2n) is 3.34. The second kappa shape index (κ2) is 5.58.